The molecule has 1 aliphatic rings. The van der Waals surface area contributed by atoms with Gasteiger partial charge in [0.05, 0.1) is 12.2 Å². The van der Waals surface area contributed by atoms with E-state index < -0.39 is 0 Å². The molecule has 0 aliphatic heterocycles. The third-order valence-electron chi connectivity index (χ3n) is 5.31. The molecule has 3 heteroatoms. The largest absolute Gasteiger partial charge is 0.310 e. The van der Waals surface area contributed by atoms with Crippen LogP contribution in [-0.4, -0.2) is 9.13 Å². The van der Waals surface area contributed by atoms with Gasteiger partial charge in [-0.15, -0.1) is 6.58 Å². The lowest BCUT2D eigenvalue weighted by molar-refractivity contribution is 0.652. The standard InChI is InChI=1S/C25H25N3/c1-3-17-27-23-11-7-8-12-24(23)28(25(27)26)18-19(2)20-13-15-22(16-14-20)21-9-5-4-6-10-21/h3-6,8-10,12-16,26H,1-2,7,11,17-18H2. The average molecular weight is 367 g/mol. The zero-order valence-electron chi connectivity index (χ0n) is 16.1. The SMILES string of the molecule is C=CCn1c2c(n(CC(=C)c3ccc(-c4ccccc4)cc3)c1=N)C=CCC2. The van der Waals surface area contributed by atoms with E-state index in [1.807, 2.05) is 12.1 Å². The van der Waals surface area contributed by atoms with Crippen molar-refractivity contribution in [3.8, 4) is 11.1 Å². The van der Waals surface area contributed by atoms with Crippen LogP contribution >= 0.6 is 0 Å². The molecule has 1 aliphatic carbocycles. The zero-order chi connectivity index (χ0) is 19.5. The van der Waals surface area contributed by atoms with E-state index in [0.29, 0.717) is 18.7 Å². The summed E-state index contributed by atoms with van der Waals surface area (Å²) in [6, 6.07) is 18.9. The van der Waals surface area contributed by atoms with Gasteiger partial charge in [0, 0.05) is 12.2 Å². The predicted molar refractivity (Wildman–Crippen MR) is 117 cm³/mol. The van der Waals surface area contributed by atoms with E-state index >= 15 is 0 Å². The van der Waals surface area contributed by atoms with Crippen LogP contribution in [0, 0.1) is 5.41 Å². The molecule has 1 aromatic heterocycles. The molecule has 4 rings (SSSR count). The quantitative estimate of drug-likeness (QED) is 0.574. The molecule has 3 aromatic rings. The number of nitrogens with one attached hydrogen (secondary N) is 1. The summed E-state index contributed by atoms with van der Waals surface area (Å²) in [7, 11) is 0. The zero-order valence-corrected chi connectivity index (χ0v) is 16.1. The van der Waals surface area contributed by atoms with Crippen LogP contribution in [-0.2, 0) is 19.5 Å². The van der Waals surface area contributed by atoms with E-state index in [9.17, 15) is 0 Å². The summed E-state index contributed by atoms with van der Waals surface area (Å²) in [5.74, 6) is 0. The van der Waals surface area contributed by atoms with Crippen LogP contribution < -0.4 is 5.62 Å². The van der Waals surface area contributed by atoms with Crippen LogP contribution in [0.2, 0.25) is 0 Å². The molecule has 0 saturated heterocycles. The van der Waals surface area contributed by atoms with Crippen molar-refractivity contribution in [3.05, 3.63) is 102 Å². The van der Waals surface area contributed by atoms with Crippen LogP contribution in [0.3, 0.4) is 0 Å². The minimum Gasteiger partial charge on any atom is -0.310 e. The normalized spacial score (nSPS) is 12.6. The van der Waals surface area contributed by atoms with E-state index in [4.69, 9.17) is 5.41 Å². The van der Waals surface area contributed by atoms with E-state index in [2.05, 4.69) is 83.0 Å². The van der Waals surface area contributed by atoms with E-state index in [1.165, 1.54) is 16.8 Å². The van der Waals surface area contributed by atoms with Crippen molar-refractivity contribution in [2.24, 2.45) is 0 Å². The summed E-state index contributed by atoms with van der Waals surface area (Å²) in [5, 5.41) is 8.65. The number of aromatic nitrogens is 2. The Morgan fingerprint density at radius 3 is 2.43 bits per heavy atom. The van der Waals surface area contributed by atoms with Gasteiger partial charge in [-0.25, -0.2) is 0 Å². The third-order valence-corrected chi connectivity index (χ3v) is 5.31. The molecule has 2 aromatic carbocycles. The van der Waals surface area contributed by atoms with Crippen molar-refractivity contribution in [3.63, 3.8) is 0 Å². The lowest BCUT2D eigenvalue weighted by Gasteiger charge is -2.12. The number of imidazole rings is 1. The number of hydrogen-bond acceptors (Lipinski definition) is 1. The van der Waals surface area contributed by atoms with Gasteiger partial charge in [-0.2, -0.15) is 0 Å². The van der Waals surface area contributed by atoms with Crippen molar-refractivity contribution in [2.75, 3.05) is 0 Å². The van der Waals surface area contributed by atoms with E-state index in [0.717, 1.165) is 29.7 Å². The van der Waals surface area contributed by atoms with Crippen molar-refractivity contribution in [1.29, 1.82) is 5.41 Å². The molecule has 0 amide bonds. The Labute approximate surface area is 166 Å². The lowest BCUT2D eigenvalue weighted by atomic mass is 10.0. The minimum absolute atomic E-state index is 0.513. The summed E-state index contributed by atoms with van der Waals surface area (Å²) in [6.45, 7) is 9.44. The maximum absolute atomic E-state index is 8.65. The number of rotatable bonds is 6. The Morgan fingerprint density at radius 1 is 1.00 bits per heavy atom. The molecule has 0 unspecified atom stereocenters. The van der Waals surface area contributed by atoms with Gasteiger partial charge in [0.15, 0.2) is 0 Å². The molecule has 140 valence electrons. The van der Waals surface area contributed by atoms with Gasteiger partial charge in [-0.3, -0.25) is 5.41 Å². The number of allylic oxidation sites excluding steroid dienone is 3. The van der Waals surface area contributed by atoms with Crippen LogP contribution in [0.25, 0.3) is 22.8 Å². The van der Waals surface area contributed by atoms with E-state index in [1.54, 1.807) is 0 Å². The molecule has 0 bridgehead atoms. The van der Waals surface area contributed by atoms with E-state index in [-0.39, 0.29) is 0 Å². The molecule has 1 heterocycles. The Balaban J connectivity index is 1.62. The third kappa shape index (κ3) is 3.31. The van der Waals surface area contributed by atoms with Crippen LogP contribution in [0.15, 0.2) is 79.9 Å². The van der Waals surface area contributed by atoms with Crippen molar-refractivity contribution < 1.29 is 0 Å². The first-order valence-electron chi connectivity index (χ1n) is 9.67. The highest BCUT2D eigenvalue weighted by Gasteiger charge is 2.18. The average Bonchev–Trinajstić information content (AvgIpc) is 3.01. The fourth-order valence-electron chi connectivity index (χ4n) is 3.84. The Kier molecular flexibility index (Phi) is 4.98. The topological polar surface area (TPSA) is 33.7 Å². The Hall–Kier alpha value is -3.33. The van der Waals surface area contributed by atoms with Crippen molar-refractivity contribution >= 4 is 11.6 Å². The highest BCUT2D eigenvalue weighted by molar-refractivity contribution is 5.69. The van der Waals surface area contributed by atoms with Gasteiger partial charge in [0.1, 0.15) is 0 Å². The second-order valence-corrected chi connectivity index (χ2v) is 7.13. The number of benzene rings is 2. The number of hydrogen-bond donors (Lipinski definition) is 1. The molecule has 0 radical (unpaired) electrons. The van der Waals surface area contributed by atoms with Gasteiger partial charge < -0.3 is 9.13 Å². The van der Waals surface area contributed by atoms with Crippen LogP contribution in [0.1, 0.15) is 23.4 Å². The second-order valence-electron chi connectivity index (χ2n) is 7.13. The maximum Gasteiger partial charge on any atom is 0.203 e. The van der Waals surface area contributed by atoms with Gasteiger partial charge in [-0.1, -0.05) is 73.3 Å². The Morgan fingerprint density at radius 2 is 1.71 bits per heavy atom. The molecule has 0 fully saturated rings. The molecular weight excluding hydrogens is 342 g/mol. The molecule has 0 atom stereocenters. The highest BCUT2D eigenvalue weighted by atomic mass is 15.2. The molecule has 28 heavy (non-hydrogen) atoms. The van der Waals surface area contributed by atoms with Crippen molar-refractivity contribution in [2.45, 2.75) is 25.9 Å². The summed E-state index contributed by atoms with van der Waals surface area (Å²) >= 11 is 0. The first kappa shape index (κ1) is 18.1. The van der Waals surface area contributed by atoms with Gasteiger partial charge >= 0.3 is 0 Å². The fourth-order valence-corrected chi connectivity index (χ4v) is 3.84. The summed E-state index contributed by atoms with van der Waals surface area (Å²) in [4.78, 5) is 0. The minimum atomic E-state index is 0.513. The van der Waals surface area contributed by atoms with Gasteiger partial charge in [-0.05, 0) is 41.2 Å². The van der Waals surface area contributed by atoms with Gasteiger partial charge in [0.25, 0.3) is 0 Å². The Bertz CT molecular complexity index is 1090. The smallest absolute Gasteiger partial charge is 0.203 e. The first-order valence-corrected chi connectivity index (χ1v) is 9.67. The summed E-state index contributed by atoms with van der Waals surface area (Å²) in [5.41, 5.74) is 7.39. The molecule has 3 nitrogen and oxygen atoms in total. The van der Waals surface area contributed by atoms with Gasteiger partial charge in [0.2, 0.25) is 5.62 Å². The lowest BCUT2D eigenvalue weighted by Crippen LogP contribution is -2.25. The fraction of sp³-hybridized carbons (Fsp3) is 0.160. The number of fused-ring (bicyclic) bond motifs is 1. The monoisotopic (exact) mass is 367 g/mol. The summed E-state index contributed by atoms with van der Waals surface area (Å²) < 4.78 is 4.11. The second kappa shape index (κ2) is 7.73. The molecule has 0 saturated carbocycles. The van der Waals surface area contributed by atoms with Crippen LogP contribution in [0.4, 0.5) is 0 Å². The summed E-state index contributed by atoms with van der Waals surface area (Å²) in [6.07, 6.45) is 8.18. The predicted octanol–water partition coefficient (Wildman–Crippen LogP) is 5.29. The first-order chi connectivity index (χ1) is 13.7. The molecule has 0 spiro atoms. The maximum atomic E-state index is 8.65. The molecular formula is C25H25N3. The molecule has 1 N–H and O–H groups in total. The van der Waals surface area contributed by atoms with Crippen LogP contribution in [0.5, 0.6) is 0 Å². The van der Waals surface area contributed by atoms with Crippen molar-refractivity contribution in [1.82, 2.24) is 9.13 Å². The number of nitrogens with zero attached hydrogens (tertiary/aromatic N) is 2. The highest BCUT2D eigenvalue weighted by Crippen LogP contribution is 2.24.